The molecule has 5 atom stereocenters. The molecule has 44 heavy (non-hydrogen) atoms. The molecule has 0 saturated carbocycles. The minimum atomic E-state index is -0.823. The molecule has 0 fully saturated rings. The van der Waals surface area contributed by atoms with Crippen LogP contribution in [0.25, 0.3) is 0 Å². The fourth-order valence-electron chi connectivity index (χ4n) is 7.05. The van der Waals surface area contributed by atoms with Crippen LogP contribution in [-0.2, 0) is 6.42 Å². The van der Waals surface area contributed by atoms with E-state index >= 15 is 0 Å². The van der Waals surface area contributed by atoms with Crippen molar-refractivity contribution in [2.75, 3.05) is 5.88 Å². The Morgan fingerprint density at radius 1 is 0.705 bits per heavy atom. The number of alkyl halides is 3. The Bertz CT molecular complexity index is 1110. The molecule has 4 aliphatic carbocycles. The molecule has 0 aromatic heterocycles. The summed E-state index contributed by atoms with van der Waals surface area (Å²) in [5, 5.41) is 55.6. The van der Waals surface area contributed by atoms with Gasteiger partial charge in [0.25, 0.3) is 0 Å². The molecule has 0 heterocycles. The Labute approximate surface area is 279 Å². The number of unbranched alkanes of at least 4 members (excludes halogenated alkanes) is 1. The summed E-state index contributed by atoms with van der Waals surface area (Å²) >= 11 is 17.9. The van der Waals surface area contributed by atoms with Crippen LogP contribution in [0, 0.1) is 11.8 Å². The molecule has 0 spiro atoms. The number of aromatic hydroxyl groups is 4. The van der Waals surface area contributed by atoms with Gasteiger partial charge in [0.1, 0.15) is 27.8 Å². The smallest absolute Gasteiger partial charge is 0.123 e. The van der Waals surface area contributed by atoms with Crippen molar-refractivity contribution in [3.05, 3.63) is 46.5 Å². The molecule has 6 rings (SSSR count). The van der Waals surface area contributed by atoms with Crippen molar-refractivity contribution in [2.45, 2.75) is 133 Å². The van der Waals surface area contributed by atoms with Crippen molar-refractivity contribution >= 4 is 34.8 Å². The van der Waals surface area contributed by atoms with Crippen molar-refractivity contribution in [3.63, 3.8) is 0 Å². The van der Waals surface area contributed by atoms with Crippen LogP contribution in [-0.4, -0.2) is 36.2 Å². The van der Waals surface area contributed by atoms with Gasteiger partial charge in [-0.2, -0.15) is 0 Å². The number of aliphatic hydroxyl groups is 1. The fraction of sp³-hybridized carbons (Fsp3) is 0.667. The predicted molar refractivity (Wildman–Crippen MR) is 183 cm³/mol. The summed E-state index contributed by atoms with van der Waals surface area (Å²) < 4.78 is 0. The lowest BCUT2D eigenvalue weighted by molar-refractivity contribution is 0.110. The molecule has 4 bridgehead atoms. The first-order chi connectivity index (χ1) is 21.0. The zero-order chi connectivity index (χ0) is 32.2. The third-order valence-corrected chi connectivity index (χ3v) is 10.2. The van der Waals surface area contributed by atoms with E-state index in [1.807, 2.05) is 19.1 Å². The van der Waals surface area contributed by atoms with Crippen molar-refractivity contribution in [2.24, 2.45) is 11.8 Å². The lowest BCUT2D eigenvalue weighted by Crippen LogP contribution is -2.11. The Hall–Kier alpha value is -1.53. The summed E-state index contributed by atoms with van der Waals surface area (Å²) in [6.07, 6.45) is 11.7. The number of rotatable bonds is 8. The summed E-state index contributed by atoms with van der Waals surface area (Å²) in [5.41, 5.74) is 2.63. The Morgan fingerprint density at radius 3 is 1.75 bits per heavy atom. The van der Waals surface area contributed by atoms with Crippen molar-refractivity contribution in [3.8, 4) is 23.0 Å². The fourth-order valence-corrected chi connectivity index (χ4v) is 7.55. The average molecular weight is 672 g/mol. The standard InChI is InChI=1S/C36H53Cl3O5/c1-23-10-3-5-12-26(14-7-8-17-37)35-31(42)21-28(22-32(35)43)36(44)24(2)11-4-6-13-27(15-9-16-33(38)39)34-29(40)19-25(18-23)20-30(34)41/h19-24,26-27,33,36,40-44H,3-18H2,1-2H3. The van der Waals surface area contributed by atoms with E-state index in [0.29, 0.717) is 34.9 Å². The summed E-state index contributed by atoms with van der Waals surface area (Å²) in [7, 11) is 0. The lowest BCUT2D eigenvalue weighted by Gasteiger charge is -2.25. The molecule has 5 N–H and O–H groups in total. The highest BCUT2D eigenvalue weighted by Gasteiger charge is 2.25. The maximum Gasteiger partial charge on any atom is 0.123 e. The molecule has 5 nitrogen and oxygen atoms in total. The number of hydrogen-bond donors (Lipinski definition) is 5. The SMILES string of the molecule is CC1CCCCC(CCCCCl)c2c(O)cc(cc2O)C(O)C(C)CCCCC(CCCC(Cl)Cl)c2c(O)cc(cc2O)C1. The molecule has 2 aromatic rings. The normalized spacial score (nSPS) is 24.3. The summed E-state index contributed by atoms with van der Waals surface area (Å²) in [6.45, 7) is 4.18. The van der Waals surface area contributed by atoms with Crippen LogP contribution < -0.4 is 0 Å². The summed E-state index contributed by atoms with van der Waals surface area (Å²) in [4.78, 5) is -0.445. The molecule has 2 aromatic carbocycles. The highest BCUT2D eigenvalue weighted by molar-refractivity contribution is 6.44. The van der Waals surface area contributed by atoms with Gasteiger partial charge in [-0.3, -0.25) is 0 Å². The zero-order valence-corrected chi connectivity index (χ0v) is 28.7. The van der Waals surface area contributed by atoms with E-state index in [9.17, 15) is 25.5 Å². The van der Waals surface area contributed by atoms with Gasteiger partial charge in [-0.05, 0) is 110 Å². The number of halogens is 3. The van der Waals surface area contributed by atoms with Crippen LogP contribution in [0.4, 0.5) is 0 Å². The summed E-state index contributed by atoms with van der Waals surface area (Å²) in [6, 6.07) is 6.89. The van der Waals surface area contributed by atoms with Crippen LogP contribution >= 0.6 is 34.8 Å². The topological polar surface area (TPSA) is 101 Å². The molecule has 248 valence electrons. The molecule has 5 unspecified atom stereocenters. The Morgan fingerprint density at radius 2 is 1.20 bits per heavy atom. The predicted octanol–water partition coefficient (Wildman–Crippen LogP) is 10.7. The quantitative estimate of drug-likeness (QED) is 0.142. The highest BCUT2D eigenvalue weighted by atomic mass is 35.5. The van der Waals surface area contributed by atoms with E-state index in [0.717, 1.165) is 95.5 Å². The molecule has 0 saturated heterocycles. The van der Waals surface area contributed by atoms with E-state index in [1.54, 1.807) is 12.1 Å². The summed E-state index contributed by atoms with van der Waals surface area (Å²) in [5.74, 6) is 1.23. The monoisotopic (exact) mass is 670 g/mol. The van der Waals surface area contributed by atoms with Crippen molar-refractivity contribution in [1.82, 2.24) is 0 Å². The zero-order valence-electron chi connectivity index (χ0n) is 26.5. The van der Waals surface area contributed by atoms with Gasteiger partial charge in [0.2, 0.25) is 0 Å². The number of phenolic OH excluding ortho intramolecular Hbond substituents is 4. The van der Waals surface area contributed by atoms with Crippen molar-refractivity contribution < 1.29 is 25.5 Å². The van der Waals surface area contributed by atoms with Gasteiger partial charge in [-0.15, -0.1) is 34.8 Å². The van der Waals surface area contributed by atoms with Gasteiger partial charge in [-0.1, -0.05) is 58.8 Å². The molecule has 4 aliphatic rings. The molecule has 0 amide bonds. The first-order valence-electron chi connectivity index (χ1n) is 16.6. The van der Waals surface area contributed by atoms with Gasteiger partial charge in [0.15, 0.2) is 0 Å². The largest absolute Gasteiger partial charge is 0.508 e. The second-order valence-corrected chi connectivity index (χ2v) is 14.9. The number of hydrogen-bond acceptors (Lipinski definition) is 5. The number of benzene rings is 2. The number of phenols is 4. The van der Waals surface area contributed by atoms with E-state index in [1.165, 1.54) is 0 Å². The van der Waals surface area contributed by atoms with Gasteiger partial charge in [0, 0.05) is 17.0 Å². The van der Waals surface area contributed by atoms with E-state index in [2.05, 4.69) is 6.92 Å². The van der Waals surface area contributed by atoms with E-state index < -0.39 is 10.9 Å². The van der Waals surface area contributed by atoms with Crippen molar-refractivity contribution in [1.29, 1.82) is 0 Å². The van der Waals surface area contributed by atoms with Crippen LogP contribution in [0.1, 0.15) is 144 Å². The Kier molecular flexibility index (Phi) is 15.6. The molecular weight excluding hydrogens is 619 g/mol. The van der Waals surface area contributed by atoms with Crippen LogP contribution in [0.15, 0.2) is 24.3 Å². The minimum Gasteiger partial charge on any atom is -0.508 e. The second-order valence-electron chi connectivity index (χ2n) is 13.2. The first-order valence-corrected chi connectivity index (χ1v) is 18.0. The van der Waals surface area contributed by atoms with Gasteiger partial charge < -0.3 is 25.5 Å². The van der Waals surface area contributed by atoms with Crippen LogP contribution in [0.5, 0.6) is 23.0 Å². The van der Waals surface area contributed by atoms with Gasteiger partial charge in [0.05, 0.1) is 6.10 Å². The maximum absolute atomic E-state index is 11.2. The van der Waals surface area contributed by atoms with E-state index in [-0.39, 0.29) is 40.8 Å². The lowest BCUT2D eigenvalue weighted by atomic mass is 9.83. The van der Waals surface area contributed by atoms with Crippen LogP contribution in [0.3, 0.4) is 0 Å². The highest BCUT2D eigenvalue weighted by Crippen LogP contribution is 2.44. The molecule has 0 radical (unpaired) electrons. The third-order valence-electron chi connectivity index (χ3n) is 9.51. The third kappa shape index (κ3) is 11.1. The van der Waals surface area contributed by atoms with Crippen LogP contribution in [0.2, 0.25) is 0 Å². The van der Waals surface area contributed by atoms with Gasteiger partial charge >= 0.3 is 0 Å². The molecule has 0 aliphatic heterocycles. The maximum atomic E-state index is 11.2. The van der Waals surface area contributed by atoms with Gasteiger partial charge in [-0.25, -0.2) is 0 Å². The molecule has 8 heteroatoms. The Balaban J connectivity index is 1.87. The van der Waals surface area contributed by atoms with E-state index in [4.69, 9.17) is 34.8 Å². The average Bonchev–Trinajstić information content (AvgIpc) is 2.95. The second kappa shape index (κ2) is 18.6. The number of aliphatic hydroxyl groups excluding tert-OH is 1. The molecular formula is C36H53Cl3O5. The first kappa shape index (κ1) is 36.9. The minimum absolute atomic E-state index is 0.00383.